The monoisotopic (exact) mass is 377 g/mol. The minimum atomic E-state index is -0.673. The molecule has 0 aliphatic rings. The molecule has 3 rings (SSSR count). The number of carbonyl (C=O) groups excluding carboxylic acids is 1. The number of halogens is 1. The van der Waals surface area contributed by atoms with E-state index in [4.69, 9.17) is 20.9 Å². The molecule has 0 saturated heterocycles. The highest BCUT2D eigenvalue weighted by Gasteiger charge is 2.18. The van der Waals surface area contributed by atoms with Gasteiger partial charge in [0, 0.05) is 16.8 Å². The van der Waals surface area contributed by atoms with Gasteiger partial charge in [0.1, 0.15) is 5.75 Å². The second kappa shape index (κ2) is 7.25. The van der Waals surface area contributed by atoms with E-state index in [2.05, 4.69) is 15.5 Å². The standard InChI is InChI=1S/C17H16ClN3O3S/c1-9(23-13-6-4-5-12(18)7-13)17(22)20-14-8-15(25-10(14)2)16-19-11(3)24-21-16/h4-9H,1-3H3,(H,20,22)/t9-/m1/s1. The lowest BCUT2D eigenvalue weighted by molar-refractivity contribution is -0.122. The van der Waals surface area contributed by atoms with Crippen LogP contribution in [0.25, 0.3) is 10.7 Å². The quantitative estimate of drug-likeness (QED) is 0.709. The van der Waals surface area contributed by atoms with Crippen molar-refractivity contribution in [2.24, 2.45) is 0 Å². The lowest BCUT2D eigenvalue weighted by Crippen LogP contribution is -2.30. The summed E-state index contributed by atoms with van der Waals surface area (Å²) < 4.78 is 10.6. The molecule has 0 fully saturated rings. The van der Waals surface area contributed by atoms with E-state index < -0.39 is 6.10 Å². The molecule has 0 unspecified atom stereocenters. The maximum Gasteiger partial charge on any atom is 0.265 e. The topological polar surface area (TPSA) is 77.2 Å². The number of nitrogens with one attached hydrogen (secondary N) is 1. The van der Waals surface area contributed by atoms with Crippen molar-refractivity contribution in [3.05, 3.63) is 46.1 Å². The first-order valence-electron chi connectivity index (χ1n) is 7.56. The van der Waals surface area contributed by atoms with Gasteiger partial charge < -0.3 is 14.6 Å². The second-order valence-corrected chi connectivity index (χ2v) is 7.12. The molecule has 1 aromatic carbocycles. The van der Waals surface area contributed by atoms with E-state index in [9.17, 15) is 4.79 Å². The normalized spacial score (nSPS) is 12.0. The van der Waals surface area contributed by atoms with Crippen molar-refractivity contribution in [1.82, 2.24) is 10.1 Å². The fourth-order valence-electron chi connectivity index (χ4n) is 2.15. The van der Waals surface area contributed by atoms with E-state index in [1.807, 2.05) is 13.0 Å². The van der Waals surface area contributed by atoms with Gasteiger partial charge in [-0.2, -0.15) is 4.98 Å². The first-order chi connectivity index (χ1) is 11.9. The molecule has 1 amide bonds. The van der Waals surface area contributed by atoms with Gasteiger partial charge in [-0.25, -0.2) is 0 Å². The predicted octanol–water partition coefficient (Wildman–Crippen LogP) is 4.47. The number of benzene rings is 1. The summed E-state index contributed by atoms with van der Waals surface area (Å²) in [5.41, 5.74) is 0.703. The van der Waals surface area contributed by atoms with Crippen molar-refractivity contribution < 1.29 is 14.1 Å². The third kappa shape index (κ3) is 4.18. The molecule has 0 bridgehead atoms. The summed E-state index contributed by atoms with van der Waals surface area (Å²) in [5, 5.41) is 7.32. The maximum atomic E-state index is 12.4. The first kappa shape index (κ1) is 17.4. The molecule has 3 aromatic rings. The SMILES string of the molecule is Cc1nc(-c2cc(NC(=O)[C@@H](C)Oc3cccc(Cl)c3)c(C)s2)no1. The van der Waals surface area contributed by atoms with Gasteiger partial charge in [-0.1, -0.05) is 22.8 Å². The third-order valence-corrected chi connectivity index (χ3v) is 4.68. The first-order valence-corrected chi connectivity index (χ1v) is 8.76. The van der Waals surface area contributed by atoms with Crippen LogP contribution in [0.5, 0.6) is 5.75 Å². The Morgan fingerprint density at radius 1 is 1.36 bits per heavy atom. The van der Waals surface area contributed by atoms with Crippen molar-refractivity contribution in [3.8, 4) is 16.5 Å². The molecule has 0 aliphatic heterocycles. The highest BCUT2D eigenvalue weighted by atomic mass is 35.5. The number of nitrogens with zero attached hydrogens (tertiary/aromatic N) is 2. The molecule has 0 saturated carbocycles. The number of anilines is 1. The van der Waals surface area contributed by atoms with Crippen LogP contribution in [0.3, 0.4) is 0 Å². The Bertz CT molecular complexity index is 906. The highest BCUT2D eigenvalue weighted by Crippen LogP contribution is 2.32. The highest BCUT2D eigenvalue weighted by molar-refractivity contribution is 7.16. The van der Waals surface area contributed by atoms with Crippen molar-refractivity contribution in [2.75, 3.05) is 5.32 Å². The Hall–Kier alpha value is -2.38. The summed E-state index contributed by atoms with van der Waals surface area (Å²) in [5.74, 6) is 1.29. The molecule has 130 valence electrons. The van der Waals surface area contributed by atoms with Crippen molar-refractivity contribution in [2.45, 2.75) is 26.9 Å². The zero-order chi connectivity index (χ0) is 18.0. The van der Waals surface area contributed by atoms with Crippen LogP contribution in [-0.4, -0.2) is 22.2 Å². The van der Waals surface area contributed by atoms with E-state index in [1.54, 1.807) is 38.1 Å². The smallest absolute Gasteiger partial charge is 0.265 e. The Kier molecular flexibility index (Phi) is 5.06. The summed E-state index contributed by atoms with van der Waals surface area (Å²) >= 11 is 7.40. The van der Waals surface area contributed by atoms with Crippen LogP contribution in [0.1, 0.15) is 17.7 Å². The fraction of sp³-hybridized carbons (Fsp3) is 0.235. The van der Waals surface area contributed by atoms with Gasteiger partial charge >= 0.3 is 0 Å². The molecule has 2 aromatic heterocycles. The van der Waals surface area contributed by atoms with Gasteiger partial charge in [0.15, 0.2) is 6.10 Å². The average Bonchev–Trinajstić information content (AvgIpc) is 3.14. The van der Waals surface area contributed by atoms with Crippen LogP contribution in [0.15, 0.2) is 34.9 Å². The van der Waals surface area contributed by atoms with Gasteiger partial charge in [0.05, 0.1) is 10.6 Å². The van der Waals surface area contributed by atoms with E-state index in [0.29, 0.717) is 28.2 Å². The van der Waals surface area contributed by atoms with Crippen molar-refractivity contribution in [3.63, 3.8) is 0 Å². The van der Waals surface area contributed by atoms with E-state index >= 15 is 0 Å². The summed E-state index contributed by atoms with van der Waals surface area (Å²) in [6, 6.07) is 8.76. The number of aryl methyl sites for hydroxylation is 2. The number of rotatable bonds is 5. The van der Waals surface area contributed by atoms with Crippen LogP contribution in [0.4, 0.5) is 5.69 Å². The number of ether oxygens (including phenoxy) is 1. The second-order valence-electron chi connectivity index (χ2n) is 5.42. The van der Waals surface area contributed by atoms with Crippen LogP contribution >= 0.6 is 22.9 Å². The largest absolute Gasteiger partial charge is 0.481 e. The number of thiophene rings is 1. The number of hydrogen-bond acceptors (Lipinski definition) is 6. The van der Waals surface area contributed by atoms with Crippen LogP contribution in [-0.2, 0) is 4.79 Å². The minimum absolute atomic E-state index is 0.253. The zero-order valence-corrected chi connectivity index (χ0v) is 15.4. The molecule has 8 heteroatoms. The van der Waals surface area contributed by atoms with E-state index in [-0.39, 0.29) is 5.91 Å². The predicted molar refractivity (Wildman–Crippen MR) is 97.3 cm³/mol. The molecule has 0 aliphatic carbocycles. The van der Waals surface area contributed by atoms with Crippen molar-refractivity contribution in [1.29, 1.82) is 0 Å². The number of carbonyl (C=O) groups is 1. The molecule has 1 atom stereocenters. The van der Waals surface area contributed by atoms with E-state index in [1.165, 1.54) is 11.3 Å². The number of amides is 1. The lowest BCUT2D eigenvalue weighted by Gasteiger charge is -2.14. The van der Waals surface area contributed by atoms with Gasteiger partial charge in [0.2, 0.25) is 11.7 Å². The summed E-state index contributed by atoms with van der Waals surface area (Å²) in [6.07, 6.45) is -0.673. The van der Waals surface area contributed by atoms with Gasteiger partial charge in [-0.05, 0) is 38.1 Å². The molecule has 1 N–H and O–H groups in total. The summed E-state index contributed by atoms with van der Waals surface area (Å²) in [6.45, 7) is 5.33. The Morgan fingerprint density at radius 3 is 2.84 bits per heavy atom. The van der Waals surface area contributed by atoms with Crippen LogP contribution < -0.4 is 10.1 Å². The molecule has 6 nitrogen and oxygen atoms in total. The molecular formula is C17H16ClN3O3S. The maximum absolute atomic E-state index is 12.4. The molecule has 0 radical (unpaired) electrons. The van der Waals surface area contributed by atoms with Crippen LogP contribution in [0.2, 0.25) is 5.02 Å². The Balaban J connectivity index is 1.69. The zero-order valence-electron chi connectivity index (χ0n) is 13.9. The number of aromatic nitrogens is 2. The van der Waals surface area contributed by atoms with Gasteiger partial charge in [-0.15, -0.1) is 11.3 Å². The number of hydrogen-bond donors (Lipinski definition) is 1. The fourth-order valence-corrected chi connectivity index (χ4v) is 3.23. The van der Waals surface area contributed by atoms with Gasteiger partial charge in [0.25, 0.3) is 5.91 Å². The lowest BCUT2D eigenvalue weighted by atomic mass is 10.3. The summed E-state index contributed by atoms with van der Waals surface area (Å²) in [7, 11) is 0. The van der Waals surface area contributed by atoms with Crippen LogP contribution in [0, 0.1) is 13.8 Å². The Labute approximate surface area is 153 Å². The van der Waals surface area contributed by atoms with Crippen molar-refractivity contribution >= 4 is 34.5 Å². The van der Waals surface area contributed by atoms with Gasteiger partial charge in [-0.3, -0.25) is 4.79 Å². The minimum Gasteiger partial charge on any atom is -0.481 e. The average molecular weight is 378 g/mol. The molecular weight excluding hydrogens is 362 g/mol. The summed E-state index contributed by atoms with van der Waals surface area (Å²) in [4.78, 5) is 18.4. The molecule has 2 heterocycles. The van der Waals surface area contributed by atoms with E-state index in [0.717, 1.165) is 9.75 Å². The molecule has 25 heavy (non-hydrogen) atoms. The molecule has 0 spiro atoms. The third-order valence-electron chi connectivity index (χ3n) is 3.40. The Morgan fingerprint density at radius 2 is 2.16 bits per heavy atom.